The van der Waals surface area contributed by atoms with Crippen molar-refractivity contribution in [1.82, 2.24) is 15.2 Å². The van der Waals surface area contributed by atoms with E-state index in [0.717, 1.165) is 31.6 Å². The van der Waals surface area contributed by atoms with E-state index in [0.29, 0.717) is 36.2 Å². The minimum absolute atomic E-state index is 0.0937. The summed E-state index contributed by atoms with van der Waals surface area (Å²) < 4.78 is 11.5. The van der Waals surface area contributed by atoms with E-state index in [1.54, 1.807) is 24.3 Å². The predicted octanol–water partition coefficient (Wildman–Crippen LogP) is 3.89. The Bertz CT molecular complexity index is 989. The fraction of sp³-hybridized carbons (Fsp3) is 0.500. The van der Waals surface area contributed by atoms with Crippen molar-refractivity contribution in [2.45, 2.75) is 51.5 Å². The number of rotatable bonds is 8. The number of carbonyl (C=O) groups excluding carboxylic acids is 2. The second-order valence-electron chi connectivity index (χ2n) is 8.82. The van der Waals surface area contributed by atoms with Crippen LogP contribution in [0.5, 0.6) is 17.4 Å². The molecule has 0 atom stereocenters. The highest BCUT2D eigenvalue weighted by Gasteiger charge is 2.28. The van der Waals surface area contributed by atoms with E-state index >= 15 is 0 Å². The number of para-hydroxylation sites is 1. The van der Waals surface area contributed by atoms with Crippen molar-refractivity contribution in [3.8, 4) is 17.4 Å². The van der Waals surface area contributed by atoms with Crippen LogP contribution in [0.4, 0.5) is 5.69 Å². The number of hydrogen-bond acceptors (Lipinski definition) is 6. The third kappa shape index (κ3) is 6.05. The lowest BCUT2D eigenvalue weighted by atomic mass is 10.1. The fourth-order valence-electron chi connectivity index (χ4n) is 4.54. The number of nitrogens with one attached hydrogen (secondary N) is 1. The molecule has 2 amide bonds. The number of anilines is 1. The number of aromatic nitrogens is 1. The number of hydrogen-bond donors (Lipinski definition) is 1. The Balaban J connectivity index is 1.31. The van der Waals surface area contributed by atoms with E-state index in [-0.39, 0.29) is 24.7 Å². The molecule has 2 aliphatic heterocycles. The van der Waals surface area contributed by atoms with E-state index in [1.807, 2.05) is 24.3 Å². The maximum absolute atomic E-state index is 13.2. The summed E-state index contributed by atoms with van der Waals surface area (Å²) in [4.78, 5) is 34.0. The second kappa shape index (κ2) is 11.8. The van der Waals surface area contributed by atoms with Gasteiger partial charge in [-0.05, 0) is 57.1 Å². The molecular weight excluding hydrogens is 432 g/mol. The van der Waals surface area contributed by atoms with Crippen molar-refractivity contribution in [2.75, 3.05) is 38.2 Å². The van der Waals surface area contributed by atoms with Crippen LogP contribution in [0.15, 0.2) is 36.5 Å². The van der Waals surface area contributed by atoms with E-state index in [2.05, 4.69) is 15.2 Å². The minimum atomic E-state index is -0.145. The normalized spacial score (nSPS) is 15.9. The van der Waals surface area contributed by atoms with Crippen LogP contribution in [0.25, 0.3) is 0 Å². The maximum Gasteiger partial charge on any atom is 0.243 e. The Labute approximate surface area is 201 Å². The van der Waals surface area contributed by atoms with Gasteiger partial charge < -0.3 is 24.6 Å². The average Bonchev–Trinajstić information content (AvgIpc) is 3.22. The number of benzene rings is 1. The van der Waals surface area contributed by atoms with Crippen LogP contribution in [-0.4, -0.2) is 55.0 Å². The van der Waals surface area contributed by atoms with E-state index in [4.69, 9.17) is 9.47 Å². The second-order valence-corrected chi connectivity index (χ2v) is 8.82. The van der Waals surface area contributed by atoms with Crippen LogP contribution < -0.4 is 19.7 Å². The first kappa shape index (κ1) is 24.0. The lowest BCUT2D eigenvalue weighted by Crippen LogP contribution is -2.33. The van der Waals surface area contributed by atoms with Crippen molar-refractivity contribution < 1.29 is 19.1 Å². The van der Waals surface area contributed by atoms with Crippen LogP contribution in [-0.2, 0) is 16.1 Å². The molecule has 8 nitrogen and oxygen atoms in total. The van der Waals surface area contributed by atoms with Crippen molar-refractivity contribution in [3.05, 3.63) is 42.1 Å². The van der Waals surface area contributed by atoms with Gasteiger partial charge in [-0.25, -0.2) is 4.98 Å². The first-order valence-electron chi connectivity index (χ1n) is 12.2. The molecule has 2 aliphatic rings. The number of carbonyl (C=O) groups is 2. The van der Waals surface area contributed by atoms with Crippen LogP contribution in [0.2, 0.25) is 0 Å². The first-order chi connectivity index (χ1) is 16.7. The molecule has 0 spiro atoms. The highest BCUT2D eigenvalue weighted by molar-refractivity contribution is 5.96. The average molecular weight is 467 g/mol. The molecule has 1 fully saturated rings. The summed E-state index contributed by atoms with van der Waals surface area (Å²) in [5.41, 5.74) is 1.41. The smallest absolute Gasteiger partial charge is 0.243 e. The monoisotopic (exact) mass is 466 g/mol. The van der Waals surface area contributed by atoms with Crippen LogP contribution >= 0.6 is 0 Å². The van der Waals surface area contributed by atoms with Crippen molar-refractivity contribution in [1.29, 1.82) is 0 Å². The summed E-state index contributed by atoms with van der Waals surface area (Å²) in [5.74, 6) is 1.25. The van der Waals surface area contributed by atoms with E-state index in [9.17, 15) is 9.59 Å². The standard InChI is InChI=1S/C26H34N4O4/c1-33-22-11-6-9-20-19-30(21-10-7-14-28-26(21)34-25(20)22)24(32)13-12-23(31)27-15-8-18-29-16-4-2-3-5-17-29/h6-7,9-11,14H,2-5,8,12-13,15-19H2,1H3,(H,27,31). The molecule has 3 heterocycles. The minimum Gasteiger partial charge on any atom is -0.493 e. The van der Waals surface area contributed by atoms with Gasteiger partial charge in [0.05, 0.1) is 13.7 Å². The van der Waals surface area contributed by atoms with Crippen molar-refractivity contribution in [2.24, 2.45) is 0 Å². The molecule has 8 heteroatoms. The molecule has 4 rings (SSSR count). The summed E-state index contributed by atoms with van der Waals surface area (Å²) in [7, 11) is 1.58. The SMILES string of the molecule is COc1cccc2c1Oc1ncccc1N(C(=O)CCC(=O)NCCCN1CCCCCC1)C2. The van der Waals surface area contributed by atoms with Gasteiger partial charge in [-0.2, -0.15) is 0 Å². The quantitative estimate of drug-likeness (QED) is 0.594. The molecule has 1 N–H and O–H groups in total. The Hall–Kier alpha value is -3.13. The summed E-state index contributed by atoms with van der Waals surface area (Å²) in [6, 6.07) is 9.16. The molecule has 1 aromatic heterocycles. The summed E-state index contributed by atoms with van der Waals surface area (Å²) in [6.45, 7) is 4.29. The van der Waals surface area contributed by atoms with Gasteiger partial charge in [-0.1, -0.05) is 25.0 Å². The first-order valence-corrected chi connectivity index (χ1v) is 12.2. The highest BCUT2D eigenvalue weighted by Crippen LogP contribution is 2.42. The van der Waals surface area contributed by atoms with Gasteiger partial charge in [-0.3, -0.25) is 9.59 Å². The largest absolute Gasteiger partial charge is 0.493 e. The van der Waals surface area contributed by atoms with Gasteiger partial charge in [0.1, 0.15) is 5.69 Å². The maximum atomic E-state index is 13.2. The Morgan fingerprint density at radius 3 is 2.71 bits per heavy atom. The highest BCUT2D eigenvalue weighted by atomic mass is 16.5. The molecule has 34 heavy (non-hydrogen) atoms. The number of pyridine rings is 1. The van der Waals surface area contributed by atoms with Gasteiger partial charge in [0.2, 0.25) is 17.7 Å². The molecular formula is C26H34N4O4. The van der Waals surface area contributed by atoms with Gasteiger partial charge in [0.15, 0.2) is 11.5 Å². The molecule has 0 radical (unpaired) electrons. The van der Waals surface area contributed by atoms with Crippen LogP contribution in [0, 0.1) is 0 Å². The summed E-state index contributed by atoms with van der Waals surface area (Å²) in [5, 5.41) is 2.97. The molecule has 1 aromatic carbocycles. The number of ether oxygens (including phenoxy) is 2. The van der Waals surface area contributed by atoms with Crippen molar-refractivity contribution in [3.63, 3.8) is 0 Å². The lowest BCUT2D eigenvalue weighted by Gasteiger charge is -2.21. The zero-order valence-electron chi connectivity index (χ0n) is 19.9. The number of methoxy groups -OCH3 is 1. The molecule has 0 unspecified atom stereocenters. The predicted molar refractivity (Wildman–Crippen MR) is 130 cm³/mol. The number of fused-ring (bicyclic) bond motifs is 2. The van der Waals surface area contributed by atoms with Gasteiger partial charge in [0, 0.05) is 31.1 Å². The molecule has 0 bridgehead atoms. The molecule has 182 valence electrons. The van der Waals surface area contributed by atoms with E-state index in [1.165, 1.54) is 25.7 Å². The number of amides is 2. The third-order valence-corrected chi connectivity index (χ3v) is 6.39. The fourth-order valence-corrected chi connectivity index (χ4v) is 4.54. The molecule has 0 saturated carbocycles. The topological polar surface area (TPSA) is 84.0 Å². The number of likely N-dealkylation sites (tertiary alicyclic amines) is 1. The van der Waals surface area contributed by atoms with Crippen LogP contribution in [0.1, 0.15) is 50.5 Å². The zero-order chi connectivity index (χ0) is 23.8. The molecule has 2 aromatic rings. The molecule has 1 saturated heterocycles. The van der Waals surface area contributed by atoms with Crippen molar-refractivity contribution >= 4 is 17.5 Å². The summed E-state index contributed by atoms with van der Waals surface area (Å²) >= 11 is 0. The van der Waals surface area contributed by atoms with Crippen LogP contribution in [0.3, 0.4) is 0 Å². The van der Waals surface area contributed by atoms with E-state index < -0.39 is 0 Å². The summed E-state index contributed by atoms with van der Waals surface area (Å²) in [6.07, 6.45) is 8.01. The van der Waals surface area contributed by atoms with Gasteiger partial charge in [0.25, 0.3) is 0 Å². The zero-order valence-corrected chi connectivity index (χ0v) is 19.9. The van der Waals surface area contributed by atoms with Gasteiger partial charge >= 0.3 is 0 Å². The Morgan fingerprint density at radius 2 is 1.91 bits per heavy atom. The van der Waals surface area contributed by atoms with Gasteiger partial charge in [-0.15, -0.1) is 0 Å². The lowest BCUT2D eigenvalue weighted by molar-refractivity contribution is -0.125. The third-order valence-electron chi connectivity index (χ3n) is 6.39. The Morgan fingerprint density at radius 1 is 1.09 bits per heavy atom. The number of nitrogens with zero attached hydrogens (tertiary/aromatic N) is 3. The Kier molecular flexibility index (Phi) is 8.36. The molecule has 0 aliphatic carbocycles.